The summed E-state index contributed by atoms with van der Waals surface area (Å²) in [6.45, 7) is 4.80. The number of phosphoric acid groups is 1. The molecule has 0 saturated carbocycles. The predicted molar refractivity (Wildman–Crippen MR) is 353 cm³/mol. The zero-order valence-corrected chi connectivity index (χ0v) is 56.7. The first-order valence-electron chi connectivity index (χ1n) is 36.9. The van der Waals surface area contributed by atoms with Gasteiger partial charge in [-0.25, -0.2) is 0 Å². The Morgan fingerprint density at radius 2 is 0.605 bits per heavy atom. The van der Waals surface area contributed by atoms with Crippen molar-refractivity contribution in [3.8, 4) is 0 Å². The van der Waals surface area contributed by atoms with Crippen LogP contribution in [0.5, 0.6) is 0 Å². The highest BCUT2D eigenvalue weighted by atomic mass is 31.2. The van der Waals surface area contributed by atoms with Crippen molar-refractivity contribution in [2.45, 2.75) is 418 Å². The molecule has 81 heavy (non-hydrogen) atoms. The van der Waals surface area contributed by atoms with Crippen LogP contribution >= 0.6 is 7.82 Å². The summed E-state index contributed by atoms with van der Waals surface area (Å²) in [6, 6.07) is -0.797. The number of hydrogen-bond acceptors (Lipinski definition) is 6. The molecule has 3 atom stereocenters. The molecule has 486 valence electrons. The number of unbranched alkanes of at least 4 members (excludes halogenated alkanes) is 57. The van der Waals surface area contributed by atoms with Crippen LogP contribution in [0.4, 0.5) is 0 Å². The summed E-state index contributed by atoms with van der Waals surface area (Å²) in [5, 5.41) is 14.1. The molecule has 3 unspecified atom stereocenters. The van der Waals surface area contributed by atoms with Crippen LogP contribution in [0.1, 0.15) is 406 Å². The minimum absolute atomic E-state index is 0.0170. The molecule has 8 nitrogen and oxygen atoms in total. The van der Waals surface area contributed by atoms with Crippen molar-refractivity contribution in [2.24, 2.45) is 0 Å². The SMILES string of the molecule is CCCCCCCCCCCCCCCCCCCCCCCCCCCCCCCCCCCCCCCC(=O)NC(COP(=O)([O-])OCC[N+](C)(C)C)C(O)CCCCCCCCCCCCCCCCCCCCCCCC. The lowest BCUT2D eigenvalue weighted by atomic mass is 10.0. The van der Waals surface area contributed by atoms with Gasteiger partial charge in [0.2, 0.25) is 5.91 Å². The highest BCUT2D eigenvalue weighted by Gasteiger charge is 2.24. The Bertz CT molecular complexity index is 1280. The fourth-order valence-corrected chi connectivity index (χ4v) is 12.6. The largest absolute Gasteiger partial charge is 0.756 e. The Morgan fingerprint density at radius 3 is 0.840 bits per heavy atom. The molecular weight excluding hydrogens is 1020 g/mol. The number of rotatable bonds is 70. The molecule has 9 heteroatoms. The van der Waals surface area contributed by atoms with Crippen LogP contribution in [0.2, 0.25) is 0 Å². The second-order valence-electron chi connectivity index (χ2n) is 27.0. The number of aliphatic hydroxyl groups is 1. The van der Waals surface area contributed by atoms with Gasteiger partial charge in [0, 0.05) is 6.42 Å². The first kappa shape index (κ1) is 80.5. The number of nitrogens with zero attached hydrogens (tertiary/aromatic N) is 1. The number of quaternary nitrogens is 1. The summed E-state index contributed by atoms with van der Waals surface area (Å²) < 4.78 is 23.5. The van der Waals surface area contributed by atoms with Crippen molar-refractivity contribution >= 4 is 13.7 Å². The molecule has 0 rings (SSSR count). The summed E-state index contributed by atoms with van der Waals surface area (Å²) in [5.41, 5.74) is 0. The third-order valence-electron chi connectivity index (χ3n) is 17.6. The quantitative estimate of drug-likeness (QED) is 0.0357. The lowest BCUT2D eigenvalue weighted by molar-refractivity contribution is -0.870. The van der Waals surface area contributed by atoms with E-state index < -0.39 is 20.0 Å². The standard InChI is InChI=1S/C72H147N2O6P/c1-6-8-10-12-14-16-18-20-22-24-26-28-30-31-32-33-34-35-36-37-38-39-40-41-42-43-44-46-48-50-52-54-56-58-60-62-64-66-72(76)73-70(69-80-81(77,78)79-68-67-74(3,4)5)71(75)65-63-61-59-57-55-53-51-49-47-45-29-27-25-23-21-19-17-15-13-11-9-7-2/h70-71,75H,6-69H2,1-5H3,(H-,73,76,77,78). The van der Waals surface area contributed by atoms with Gasteiger partial charge in [0.1, 0.15) is 13.2 Å². The van der Waals surface area contributed by atoms with Gasteiger partial charge in [-0.05, 0) is 12.8 Å². The van der Waals surface area contributed by atoms with E-state index in [1.165, 1.54) is 340 Å². The molecule has 0 fully saturated rings. The lowest BCUT2D eigenvalue weighted by Gasteiger charge is -2.30. The van der Waals surface area contributed by atoms with Gasteiger partial charge < -0.3 is 28.8 Å². The topological polar surface area (TPSA) is 108 Å². The molecule has 1 amide bonds. The van der Waals surface area contributed by atoms with Crippen LogP contribution in [0.15, 0.2) is 0 Å². The van der Waals surface area contributed by atoms with E-state index in [1.54, 1.807) is 0 Å². The fraction of sp³-hybridized carbons (Fsp3) is 0.986. The molecule has 0 aromatic rings. The normalized spacial score (nSPS) is 13.5. The van der Waals surface area contributed by atoms with Gasteiger partial charge in [-0.3, -0.25) is 9.36 Å². The zero-order valence-electron chi connectivity index (χ0n) is 55.8. The fourth-order valence-electron chi connectivity index (χ4n) is 11.9. The van der Waals surface area contributed by atoms with Gasteiger partial charge in [0.25, 0.3) is 7.82 Å². The van der Waals surface area contributed by atoms with Gasteiger partial charge in [-0.2, -0.15) is 0 Å². The van der Waals surface area contributed by atoms with Crippen LogP contribution in [0.3, 0.4) is 0 Å². The van der Waals surface area contributed by atoms with Crippen molar-refractivity contribution in [1.82, 2.24) is 5.32 Å². The molecule has 0 aliphatic rings. The summed E-state index contributed by atoms with van der Waals surface area (Å²) in [4.78, 5) is 25.7. The zero-order chi connectivity index (χ0) is 59.1. The molecule has 0 saturated heterocycles. The molecule has 0 radical (unpaired) electrons. The minimum Gasteiger partial charge on any atom is -0.756 e. The molecule has 0 bridgehead atoms. The van der Waals surface area contributed by atoms with Crippen molar-refractivity contribution < 1.29 is 32.9 Å². The van der Waals surface area contributed by atoms with Gasteiger partial charge in [0.05, 0.1) is 39.9 Å². The summed E-state index contributed by atoms with van der Waals surface area (Å²) in [7, 11) is 1.33. The smallest absolute Gasteiger partial charge is 0.268 e. The molecular formula is C72H147N2O6P. The highest BCUT2D eigenvalue weighted by Crippen LogP contribution is 2.38. The number of aliphatic hydroxyl groups excluding tert-OH is 1. The van der Waals surface area contributed by atoms with Crippen molar-refractivity contribution in [1.29, 1.82) is 0 Å². The molecule has 0 heterocycles. The molecule has 0 spiro atoms. The van der Waals surface area contributed by atoms with Gasteiger partial charge in [-0.15, -0.1) is 0 Å². The Morgan fingerprint density at radius 1 is 0.383 bits per heavy atom. The van der Waals surface area contributed by atoms with E-state index in [9.17, 15) is 19.4 Å². The number of nitrogens with one attached hydrogen (secondary N) is 1. The molecule has 0 aliphatic carbocycles. The van der Waals surface area contributed by atoms with Crippen molar-refractivity contribution in [3.63, 3.8) is 0 Å². The van der Waals surface area contributed by atoms with E-state index in [-0.39, 0.29) is 19.1 Å². The molecule has 2 N–H and O–H groups in total. The minimum atomic E-state index is -4.58. The van der Waals surface area contributed by atoms with Gasteiger partial charge >= 0.3 is 0 Å². The van der Waals surface area contributed by atoms with Crippen molar-refractivity contribution in [2.75, 3.05) is 40.9 Å². The number of likely N-dealkylation sites (N-methyl/N-ethyl adjacent to an activating group) is 1. The number of phosphoric ester groups is 1. The van der Waals surface area contributed by atoms with E-state index in [2.05, 4.69) is 19.2 Å². The molecule has 0 aromatic carbocycles. The number of hydrogen-bond donors (Lipinski definition) is 2. The Hall–Kier alpha value is -0.500. The average molecular weight is 1170 g/mol. The average Bonchev–Trinajstić information content (AvgIpc) is 3.43. The number of carbonyl (C=O) groups is 1. The van der Waals surface area contributed by atoms with Crippen LogP contribution in [0.25, 0.3) is 0 Å². The van der Waals surface area contributed by atoms with E-state index in [4.69, 9.17) is 9.05 Å². The van der Waals surface area contributed by atoms with Gasteiger partial charge in [0.15, 0.2) is 0 Å². The number of amides is 1. The van der Waals surface area contributed by atoms with E-state index in [0.717, 1.165) is 38.5 Å². The summed E-state index contributed by atoms with van der Waals surface area (Å²) >= 11 is 0. The maximum atomic E-state index is 13.1. The van der Waals surface area contributed by atoms with Crippen LogP contribution < -0.4 is 10.2 Å². The second-order valence-corrected chi connectivity index (χ2v) is 28.4. The first-order valence-corrected chi connectivity index (χ1v) is 38.3. The third kappa shape index (κ3) is 66.9. The van der Waals surface area contributed by atoms with Crippen LogP contribution in [-0.4, -0.2) is 68.5 Å². The maximum Gasteiger partial charge on any atom is 0.268 e. The Kier molecular flexibility index (Phi) is 63.6. The van der Waals surface area contributed by atoms with Crippen LogP contribution in [0, 0.1) is 0 Å². The lowest BCUT2D eigenvalue weighted by Crippen LogP contribution is -2.46. The van der Waals surface area contributed by atoms with E-state index in [1.807, 2.05) is 21.1 Å². The third-order valence-corrected chi connectivity index (χ3v) is 18.6. The molecule has 0 aliphatic heterocycles. The predicted octanol–water partition coefficient (Wildman–Crippen LogP) is 22.9. The van der Waals surface area contributed by atoms with Crippen LogP contribution in [-0.2, 0) is 18.4 Å². The highest BCUT2D eigenvalue weighted by molar-refractivity contribution is 7.45. The second kappa shape index (κ2) is 64.0. The monoisotopic (exact) mass is 1170 g/mol. The van der Waals surface area contributed by atoms with E-state index in [0.29, 0.717) is 23.9 Å². The van der Waals surface area contributed by atoms with E-state index >= 15 is 0 Å². The number of carbonyl (C=O) groups excluding carboxylic acids is 1. The Labute approximate surface area is 508 Å². The van der Waals surface area contributed by atoms with Crippen molar-refractivity contribution in [3.05, 3.63) is 0 Å². The maximum absolute atomic E-state index is 13.1. The molecule has 0 aromatic heterocycles. The summed E-state index contributed by atoms with van der Waals surface area (Å²) in [6.07, 6.45) is 80.6. The van der Waals surface area contributed by atoms with Gasteiger partial charge in [-0.1, -0.05) is 386 Å². The summed E-state index contributed by atoms with van der Waals surface area (Å²) in [5.74, 6) is -0.153. The Balaban J connectivity index is 3.89. The first-order chi connectivity index (χ1) is 39.5.